The monoisotopic (exact) mass is 396 g/mol. The number of carbonyl (C=O) groups excluding carboxylic acids is 1. The van der Waals surface area contributed by atoms with Crippen molar-refractivity contribution in [3.63, 3.8) is 0 Å². The number of para-hydroxylation sites is 1. The van der Waals surface area contributed by atoms with Crippen LogP contribution in [0.4, 0.5) is 17.1 Å². The highest BCUT2D eigenvalue weighted by Gasteiger charge is 2.07. The van der Waals surface area contributed by atoms with Crippen molar-refractivity contribution in [3.05, 3.63) is 82.8 Å². The van der Waals surface area contributed by atoms with Gasteiger partial charge >= 0.3 is 0 Å². The largest absolute Gasteiger partial charge is 0.497 e. The third kappa shape index (κ3) is 4.39. The summed E-state index contributed by atoms with van der Waals surface area (Å²) in [6.45, 7) is 0. The van der Waals surface area contributed by atoms with E-state index in [1.54, 1.807) is 31.4 Å². The number of ether oxygens (including phenoxy) is 1. The molecule has 3 aromatic rings. The smallest absolute Gasteiger partial charge is 0.255 e. The maximum Gasteiger partial charge on any atom is 0.255 e. The van der Waals surface area contributed by atoms with Crippen LogP contribution in [0.2, 0.25) is 0 Å². The number of anilines is 3. The SMILES string of the molecule is COc1cccc(C(=O)Nc2ccc(Nc3ccccc3Br)cc2)c1. The summed E-state index contributed by atoms with van der Waals surface area (Å²) in [4.78, 5) is 12.3. The minimum absolute atomic E-state index is 0.176. The highest BCUT2D eigenvalue weighted by atomic mass is 79.9. The van der Waals surface area contributed by atoms with Crippen molar-refractivity contribution >= 4 is 38.9 Å². The molecular formula is C20H17BrN2O2. The molecule has 0 spiro atoms. The zero-order valence-corrected chi connectivity index (χ0v) is 15.2. The van der Waals surface area contributed by atoms with Gasteiger partial charge < -0.3 is 15.4 Å². The Morgan fingerprint density at radius 1 is 0.920 bits per heavy atom. The molecule has 0 saturated carbocycles. The van der Waals surface area contributed by atoms with Crippen molar-refractivity contribution in [2.45, 2.75) is 0 Å². The molecule has 5 heteroatoms. The lowest BCUT2D eigenvalue weighted by Gasteiger charge is -2.10. The molecule has 2 N–H and O–H groups in total. The number of hydrogen-bond donors (Lipinski definition) is 2. The molecule has 3 rings (SSSR count). The van der Waals surface area contributed by atoms with E-state index in [1.165, 1.54) is 0 Å². The first-order chi connectivity index (χ1) is 12.2. The molecule has 0 fully saturated rings. The number of methoxy groups -OCH3 is 1. The summed E-state index contributed by atoms with van der Waals surface area (Å²) in [6.07, 6.45) is 0. The second-order valence-electron chi connectivity index (χ2n) is 5.37. The maximum absolute atomic E-state index is 12.3. The Hall–Kier alpha value is -2.79. The summed E-state index contributed by atoms with van der Waals surface area (Å²) in [5.74, 6) is 0.478. The lowest BCUT2D eigenvalue weighted by Crippen LogP contribution is -2.11. The first kappa shape index (κ1) is 17.0. The average molecular weight is 397 g/mol. The molecule has 4 nitrogen and oxygen atoms in total. The van der Waals surface area contributed by atoms with E-state index in [1.807, 2.05) is 48.5 Å². The predicted octanol–water partition coefficient (Wildman–Crippen LogP) is 5.45. The zero-order valence-electron chi connectivity index (χ0n) is 13.6. The standard InChI is InChI=1S/C20H17BrN2O2/c1-25-17-6-4-5-14(13-17)20(24)23-16-11-9-15(10-12-16)22-19-8-3-2-7-18(19)21/h2-13,22H,1H3,(H,23,24). The van der Waals surface area contributed by atoms with Crippen LogP contribution in [-0.4, -0.2) is 13.0 Å². The number of hydrogen-bond acceptors (Lipinski definition) is 3. The number of amides is 1. The summed E-state index contributed by atoms with van der Waals surface area (Å²) >= 11 is 3.51. The Bertz CT molecular complexity index is 879. The number of halogens is 1. The Balaban J connectivity index is 1.68. The van der Waals surface area contributed by atoms with Gasteiger partial charge in [-0.15, -0.1) is 0 Å². The second-order valence-corrected chi connectivity index (χ2v) is 6.22. The molecule has 0 bridgehead atoms. The van der Waals surface area contributed by atoms with Crippen molar-refractivity contribution < 1.29 is 9.53 Å². The van der Waals surface area contributed by atoms with Gasteiger partial charge in [-0.05, 0) is 70.5 Å². The Morgan fingerprint density at radius 2 is 1.64 bits per heavy atom. The molecule has 3 aromatic carbocycles. The molecular weight excluding hydrogens is 380 g/mol. The summed E-state index contributed by atoms with van der Waals surface area (Å²) in [5.41, 5.74) is 3.20. The van der Waals surface area contributed by atoms with Gasteiger partial charge in [0.15, 0.2) is 0 Å². The summed E-state index contributed by atoms with van der Waals surface area (Å²) in [7, 11) is 1.58. The predicted molar refractivity (Wildman–Crippen MR) is 105 cm³/mol. The van der Waals surface area contributed by atoms with Gasteiger partial charge in [-0.3, -0.25) is 4.79 Å². The lowest BCUT2D eigenvalue weighted by molar-refractivity contribution is 0.102. The van der Waals surface area contributed by atoms with Crippen LogP contribution in [0.5, 0.6) is 5.75 Å². The molecule has 0 aliphatic heterocycles. The number of rotatable bonds is 5. The van der Waals surface area contributed by atoms with E-state index in [2.05, 4.69) is 26.6 Å². The quantitative estimate of drug-likeness (QED) is 0.602. The fraction of sp³-hybridized carbons (Fsp3) is 0.0500. The fourth-order valence-electron chi connectivity index (χ4n) is 2.32. The van der Waals surface area contributed by atoms with Crippen LogP contribution in [0.1, 0.15) is 10.4 Å². The van der Waals surface area contributed by atoms with Gasteiger partial charge in [0.25, 0.3) is 5.91 Å². The number of benzene rings is 3. The third-order valence-electron chi connectivity index (χ3n) is 3.63. The normalized spacial score (nSPS) is 10.2. The minimum atomic E-state index is -0.176. The first-order valence-corrected chi connectivity index (χ1v) is 8.52. The topological polar surface area (TPSA) is 50.4 Å². The van der Waals surface area contributed by atoms with E-state index in [-0.39, 0.29) is 5.91 Å². The van der Waals surface area contributed by atoms with E-state index in [0.29, 0.717) is 11.3 Å². The maximum atomic E-state index is 12.3. The van der Waals surface area contributed by atoms with Gasteiger partial charge in [0.1, 0.15) is 5.75 Å². The van der Waals surface area contributed by atoms with Crippen molar-refractivity contribution in [1.29, 1.82) is 0 Å². The fourth-order valence-corrected chi connectivity index (χ4v) is 2.71. The van der Waals surface area contributed by atoms with E-state index < -0.39 is 0 Å². The Kier molecular flexibility index (Phi) is 5.36. The molecule has 25 heavy (non-hydrogen) atoms. The van der Waals surface area contributed by atoms with E-state index in [0.717, 1.165) is 21.5 Å². The van der Waals surface area contributed by atoms with Crippen molar-refractivity contribution in [2.24, 2.45) is 0 Å². The minimum Gasteiger partial charge on any atom is -0.497 e. The van der Waals surface area contributed by atoms with Gasteiger partial charge in [-0.25, -0.2) is 0 Å². The molecule has 1 amide bonds. The van der Waals surface area contributed by atoms with Crippen LogP contribution in [0.15, 0.2) is 77.3 Å². The van der Waals surface area contributed by atoms with E-state index in [9.17, 15) is 4.79 Å². The second kappa shape index (κ2) is 7.85. The number of nitrogens with one attached hydrogen (secondary N) is 2. The summed E-state index contributed by atoms with van der Waals surface area (Å²) < 4.78 is 6.14. The van der Waals surface area contributed by atoms with Crippen molar-refractivity contribution in [2.75, 3.05) is 17.7 Å². The van der Waals surface area contributed by atoms with Crippen LogP contribution < -0.4 is 15.4 Å². The van der Waals surface area contributed by atoms with Gasteiger partial charge in [0.05, 0.1) is 12.8 Å². The van der Waals surface area contributed by atoms with Crippen LogP contribution in [0, 0.1) is 0 Å². The Labute approximate surface area is 155 Å². The molecule has 0 heterocycles. The van der Waals surface area contributed by atoms with Gasteiger partial charge in [-0.2, -0.15) is 0 Å². The van der Waals surface area contributed by atoms with Crippen LogP contribution in [0.25, 0.3) is 0 Å². The molecule has 0 saturated heterocycles. The zero-order chi connectivity index (χ0) is 17.6. The van der Waals surface area contributed by atoms with Gasteiger partial charge in [-0.1, -0.05) is 18.2 Å². The summed E-state index contributed by atoms with van der Waals surface area (Å²) in [6, 6.07) is 22.5. The molecule has 0 aliphatic rings. The van der Waals surface area contributed by atoms with Gasteiger partial charge in [0.2, 0.25) is 0 Å². The average Bonchev–Trinajstić information content (AvgIpc) is 2.65. The van der Waals surface area contributed by atoms with Gasteiger partial charge in [0, 0.05) is 21.4 Å². The van der Waals surface area contributed by atoms with E-state index >= 15 is 0 Å². The van der Waals surface area contributed by atoms with Crippen molar-refractivity contribution in [1.82, 2.24) is 0 Å². The molecule has 0 radical (unpaired) electrons. The molecule has 0 atom stereocenters. The molecule has 126 valence electrons. The summed E-state index contributed by atoms with van der Waals surface area (Å²) in [5, 5.41) is 6.20. The van der Waals surface area contributed by atoms with Crippen LogP contribution in [0.3, 0.4) is 0 Å². The van der Waals surface area contributed by atoms with E-state index in [4.69, 9.17) is 4.74 Å². The highest BCUT2D eigenvalue weighted by molar-refractivity contribution is 9.10. The highest BCUT2D eigenvalue weighted by Crippen LogP contribution is 2.26. The molecule has 0 unspecified atom stereocenters. The van der Waals surface area contributed by atoms with Crippen LogP contribution in [-0.2, 0) is 0 Å². The van der Waals surface area contributed by atoms with Crippen LogP contribution >= 0.6 is 15.9 Å². The van der Waals surface area contributed by atoms with Crippen molar-refractivity contribution in [3.8, 4) is 5.75 Å². The third-order valence-corrected chi connectivity index (χ3v) is 4.32. The molecule has 0 aromatic heterocycles. The molecule has 0 aliphatic carbocycles. The first-order valence-electron chi connectivity index (χ1n) is 7.73. The number of carbonyl (C=O) groups is 1. The lowest BCUT2D eigenvalue weighted by atomic mass is 10.2. The Morgan fingerprint density at radius 3 is 2.36 bits per heavy atom.